The minimum absolute atomic E-state index is 0.130. The highest BCUT2D eigenvalue weighted by Crippen LogP contribution is 2.34. The molecule has 0 radical (unpaired) electrons. The summed E-state index contributed by atoms with van der Waals surface area (Å²) in [5, 5.41) is 113. The number of phenolic OH excluding ortho intramolecular Hbond substituents is 4. The Kier molecular flexibility index (Phi) is 13.2. The van der Waals surface area contributed by atoms with E-state index in [1.807, 2.05) is 0 Å². The van der Waals surface area contributed by atoms with Gasteiger partial charge in [0.05, 0.1) is 25.9 Å². The van der Waals surface area contributed by atoms with Crippen LogP contribution < -0.4 is 0 Å². The first-order valence-electron chi connectivity index (χ1n) is 16.6. The second-order valence-corrected chi connectivity index (χ2v) is 13.0. The number of aliphatic hydroxyl groups is 7. The first-order chi connectivity index (χ1) is 25.1. The van der Waals surface area contributed by atoms with E-state index in [-0.39, 0.29) is 30.3 Å². The molecule has 11 N–H and O–H groups in total. The maximum Gasteiger partial charge on any atom is 0.330 e. The molecule has 0 aromatic heterocycles. The van der Waals surface area contributed by atoms with E-state index in [0.717, 1.165) is 6.08 Å². The molecule has 3 heterocycles. The summed E-state index contributed by atoms with van der Waals surface area (Å²) in [6, 6.07) is 7.94. The zero-order valence-electron chi connectivity index (χ0n) is 28.3. The van der Waals surface area contributed by atoms with Crippen LogP contribution in [-0.4, -0.2) is 168 Å². The van der Waals surface area contributed by atoms with Crippen molar-refractivity contribution in [2.24, 2.45) is 0 Å². The Hall–Kier alpha value is -3.67. The van der Waals surface area contributed by atoms with Gasteiger partial charge >= 0.3 is 5.97 Å². The Morgan fingerprint density at radius 3 is 2.13 bits per heavy atom. The topological polar surface area (TPSA) is 304 Å². The zero-order chi connectivity index (χ0) is 38.6. The van der Waals surface area contributed by atoms with Gasteiger partial charge in [-0.3, -0.25) is 0 Å². The lowest BCUT2D eigenvalue weighted by atomic mass is 9.96. The molecule has 13 unspecified atom stereocenters. The van der Waals surface area contributed by atoms with Crippen LogP contribution in [0.25, 0.3) is 6.08 Å². The molecule has 3 aliphatic heterocycles. The zero-order valence-corrected chi connectivity index (χ0v) is 28.3. The van der Waals surface area contributed by atoms with Gasteiger partial charge in [0, 0.05) is 6.08 Å². The number of aromatic hydroxyl groups is 4. The van der Waals surface area contributed by atoms with Gasteiger partial charge < -0.3 is 89.3 Å². The first-order valence-corrected chi connectivity index (χ1v) is 16.6. The third-order valence-electron chi connectivity index (χ3n) is 9.10. The van der Waals surface area contributed by atoms with Crippen LogP contribution in [0, 0.1) is 0 Å². The van der Waals surface area contributed by atoms with Crippen LogP contribution in [0.1, 0.15) is 18.1 Å². The van der Waals surface area contributed by atoms with E-state index in [9.17, 15) is 61.0 Å². The molecule has 0 spiro atoms. The van der Waals surface area contributed by atoms with E-state index in [0.29, 0.717) is 11.1 Å². The number of ether oxygens (including phenoxy) is 7. The minimum atomic E-state index is -2.07. The first kappa shape index (κ1) is 40.5. The molecule has 19 heteroatoms. The minimum Gasteiger partial charge on any atom is -0.504 e. The fourth-order valence-electron chi connectivity index (χ4n) is 5.87. The number of carbonyl (C=O) groups is 1. The van der Waals surface area contributed by atoms with E-state index in [4.69, 9.17) is 33.2 Å². The van der Waals surface area contributed by atoms with Crippen LogP contribution in [0.3, 0.4) is 0 Å². The van der Waals surface area contributed by atoms with E-state index in [2.05, 4.69) is 0 Å². The molecule has 53 heavy (non-hydrogen) atoms. The van der Waals surface area contributed by atoms with Crippen LogP contribution in [-0.2, 0) is 44.4 Å². The maximum atomic E-state index is 12.6. The fourth-order valence-corrected chi connectivity index (χ4v) is 5.87. The summed E-state index contributed by atoms with van der Waals surface area (Å²) in [7, 11) is 0. The molecule has 13 atom stereocenters. The maximum absolute atomic E-state index is 12.6. The fraction of sp³-hybridized carbons (Fsp3) is 0.559. The average molecular weight is 757 g/mol. The van der Waals surface area contributed by atoms with Gasteiger partial charge in [0.2, 0.25) is 0 Å². The Balaban J connectivity index is 1.29. The lowest BCUT2D eigenvalue weighted by Gasteiger charge is -2.46. The van der Waals surface area contributed by atoms with Crippen molar-refractivity contribution in [1.82, 2.24) is 0 Å². The third-order valence-corrected chi connectivity index (χ3v) is 9.10. The van der Waals surface area contributed by atoms with Crippen LogP contribution >= 0.6 is 0 Å². The molecule has 0 saturated carbocycles. The number of hydrogen-bond donors (Lipinski definition) is 11. The van der Waals surface area contributed by atoms with E-state index in [1.54, 1.807) is 0 Å². The predicted molar refractivity (Wildman–Crippen MR) is 174 cm³/mol. The summed E-state index contributed by atoms with van der Waals surface area (Å²) in [5.74, 6) is -2.37. The van der Waals surface area contributed by atoms with Gasteiger partial charge in [-0.25, -0.2) is 4.79 Å². The standard InChI is InChI=1S/C34H44O19/c1-15-24(41)28(53-33-30(45)34(46,13-35)14-49-33)27(44)32(50-15)52-29-25(42)22(12-48-23(40)7-4-16-2-5-18(36)20(38)10-16)51-31(26(29)43)47-9-8-17-3-6-19(37)21(39)11-17/h2-7,10-11,15,22,24-33,35-39,41-46H,8-9,12-14H2,1H3. The summed E-state index contributed by atoms with van der Waals surface area (Å²) >= 11 is 0. The molecule has 3 aliphatic rings. The SMILES string of the molecule is CC1OC(OC2C(O)C(COC(=O)C=Cc3ccc(O)c(O)c3)OC(OCCc3ccc(O)c(O)c3)C2O)C(O)C(OC2OCC(O)(CO)C2O)C1O. The lowest BCUT2D eigenvalue weighted by molar-refractivity contribution is -0.366. The average Bonchev–Trinajstić information content (AvgIpc) is 3.42. The normalized spacial score (nSPS) is 36.2. The molecule has 0 amide bonds. The van der Waals surface area contributed by atoms with Crippen molar-refractivity contribution in [3.05, 3.63) is 53.6 Å². The molecule has 0 bridgehead atoms. The molecule has 19 nitrogen and oxygen atoms in total. The van der Waals surface area contributed by atoms with Gasteiger partial charge in [0.15, 0.2) is 41.9 Å². The highest BCUT2D eigenvalue weighted by molar-refractivity contribution is 5.87. The van der Waals surface area contributed by atoms with Crippen molar-refractivity contribution in [2.45, 2.75) is 92.8 Å². The lowest BCUT2D eigenvalue weighted by Crippen LogP contribution is -2.65. The number of phenols is 4. The second kappa shape index (κ2) is 17.2. The molecule has 5 rings (SSSR count). The summed E-state index contributed by atoms with van der Waals surface area (Å²) in [4.78, 5) is 12.6. The monoisotopic (exact) mass is 756 g/mol. The highest BCUT2D eigenvalue weighted by Gasteiger charge is 2.54. The third kappa shape index (κ3) is 9.35. The Bertz CT molecular complexity index is 1570. The van der Waals surface area contributed by atoms with Crippen molar-refractivity contribution >= 4 is 12.0 Å². The molecular weight excluding hydrogens is 712 g/mol. The Morgan fingerprint density at radius 1 is 0.830 bits per heavy atom. The number of aliphatic hydroxyl groups excluding tert-OH is 6. The van der Waals surface area contributed by atoms with Crippen molar-refractivity contribution in [1.29, 1.82) is 0 Å². The van der Waals surface area contributed by atoms with E-state index in [1.165, 1.54) is 49.4 Å². The highest BCUT2D eigenvalue weighted by atomic mass is 16.8. The van der Waals surface area contributed by atoms with Crippen LogP contribution in [0.15, 0.2) is 42.5 Å². The predicted octanol–water partition coefficient (Wildman–Crippen LogP) is -2.55. The Labute approximate surface area is 302 Å². The van der Waals surface area contributed by atoms with Gasteiger partial charge in [-0.1, -0.05) is 12.1 Å². The number of carbonyl (C=O) groups excluding carboxylic acids is 1. The summed E-state index contributed by atoms with van der Waals surface area (Å²) in [5.41, 5.74) is -1.17. The van der Waals surface area contributed by atoms with Gasteiger partial charge in [0.25, 0.3) is 0 Å². The van der Waals surface area contributed by atoms with Gasteiger partial charge in [-0.05, 0) is 54.8 Å². The van der Waals surface area contributed by atoms with E-state index < -0.39 is 111 Å². The van der Waals surface area contributed by atoms with Crippen molar-refractivity contribution in [3.63, 3.8) is 0 Å². The largest absolute Gasteiger partial charge is 0.504 e. The molecule has 294 valence electrons. The van der Waals surface area contributed by atoms with Crippen LogP contribution in [0.4, 0.5) is 0 Å². The number of hydrogen-bond acceptors (Lipinski definition) is 19. The smallest absolute Gasteiger partial charge is 0.330 e. The number of rotatable bonds is 13. The molecular formula is C34H44O19. The molecule has 3 saturated heterocycles. The van der Waals surface area contributed by atoms with Gasteiger partial charge in [0.1, 0.15) is 61.0 Å². The molecule has 2 aromatic rings. The van der Waals surface area contributed by atoms with Crippen molar-refractivity contribution in [2.75, 3.05) is 26.4 Å². The van der Waals surface area contributed by atoms with Gasteiger partial charge in [-0.2, -0.15) is 0 Å². The molecule has 2 aromatic carbocycles. The van der Waals surface area contributed by atoms with Gasteiger partial charge in [-0.15, -0.1) is 0 Å². The summed E-state index contributed by atoms with van der Waals surface area (Å²) in [6.07, 6.45) is -16.8. The number of benzene rings is 2. The quantitative estimate of drug-likeness (QED) is 0.0569. The van der Waals surface area contributed by atoms with Crippen molar-refractivity contribution < 1.29 is 94.1 Å². The second-order valence-electron chi connectivity index (χ2n) is 13.0. The van der Waals surface area contributed by atoms with E-state index >= 15 is 0 Å². The molecule has 0 aliphatic carbocycles. The van der Waals surface area contributed by atoms with Crippen LogP contribution in [0.5, 0.6) is 23.0 Å². The van der Waals surface area contributed by atoms with Crippen LogP contribution in [0.2, 0.25) is 0 Å². The Morgan fingerprint density at radius 2 is 1.47 bits per heavy atom. The van der Waals surface area contributed by atoms with Crippen molar-refractivity contribution in [3.8, 4) is 23.0 Å². The summed E-state index contributed by atoms with van der Waals surface area (Å²) < 4.78 is 39.1. The molecule has 3 fully saturated rings. The summed E-state index contributed by atoms with van der Waals surface area (Å²) in [6.45, 7) is -0.723. The number of esters is 1.